The second-order valence-corrected chi connectivity index (χ2v) is 27.9. The zero-order valence-electron chi connectivity index (χ0n) is 51.6. The highest BCUT2D eigenvalue weighted by Gasteiger charge is 2.61. The molecule has 546 valence electrons. The summed E-state index contributed by atoms with van der Waals surface area (Å²) >= 11 is 0. The Morgan fingerprint density at radius 1 is 0.677 bits per heavy atom. The number of ether oxygens (including phenoxy) is 7. The molecule has 2 aromatic rings. The summed E-state index contributed by atoms with van der Waals surface area (Å²) in [5, 5.41) is 9.45. The molecule has 12 atom stereocenters. The van der Waals surface area contributed by atoms with Crippen LogP contribution in [0.1, 0.15) is 299 Å². The van der Waals surface area contributed by atoms with Crippen molar-refractivity contribution in [1.29, 1.82) is 0 Å². The van der Waals surface area contributed by atoms with Gasteiger partial charge in [0.2, 0.25) is 0 Å². The maximum Gasteiger partial charge on any atom is 0.317 e. The zero-order chi connectivity index (χ0) is 59.6. The fourth-order valence-corrected chi connectivity index (χ4v) is 15.5. The minimum Gasteiger partial charge on any atom is -0.508 e. The van der Waals surface area contributed by atoms with Crippen LogP contribution in [0.4, 0.5) is 0 Å². The van der Waals surface area contributed by atoms with Gasteiger partial charge in [0.05, 0.1) is 41.6 Å². The Balaban J connectivity index is -0.000000291. The normalized spacial score (nSPS) is 28.6. The highest BCUT2D eigenvalue weighted by Crippen LogP contribution is 2.61. The summed E-state index contributed by atoms with van der Waals surface area (Å²) in [6.07, 6.45) is 11.3. The van der Waals surface area contributed by atoms with Crippen molar-refractivity contribution in [2.24, 2.45) is 75.9 Å². The van der Waals surface area contributed by atoms with Gasteiger partial charge in [0.25, 0.3) is 0 Å². The average molecular weight is 1320 g/mol. The van der Waals surface area contributed by atoms with E-state index in [1.807, 2.05) is 86.6 Å². The van der Waals surface area contributed by atoms with Crippen LogP contribution in [0.3, 0.4) is 0 Å². The topological polar surface area (TPSA) is 187 Å². The highest BCUT2D eigenvalue weighted by molar-refractivity contribution is 5.96. The van der Waals surface area contributed by atoms with Gasteiger partial charge in [0.15, 0.2) is 6.29 Å². The standard InChI is InChI=1S/C27H42O6.C22H30O3.C18H26O5.12CH4/c1-7-25(4,16-24(2,3)22(29)32-26(5)8-9-31-21(28)15-26)23(30)33-27(6)19-11-17-10-18(13-19)14-20(27)12-17;1-5-18(15-16(3)19-7-11-21(23)12-8-19)20-9-13-22(14-10-20)25-17(4)24-6-2;1-8-10-6-11(12(7-10)16(20)23-18(3,4)5)13(8)14-9(2)15(19)22-17(14)21;;;;;;;;;;;;/h17-20H,7-16H2,1-6H3;7-14,16-18,23H,5-6,15H2,1-4H3;8-14H,6-7H2,1-5H3;12*1H4. The third-order valence-corrected chi connectivity index (χ3v) is 20.1. The van der Waals surface area contributed by atoms with E-state index in [0.29, 0.717) is 67.1 Å². The Morgan fingerprint density at radius 2 is 1.20 bits per heavy atom. The Hall–Kier alpha value is -4.98. The molecule has 10 rings (SSSR count). The van der Waals surface area contributed by atoms with E-state index in [2.05, 4.69) is 39.8 Å². The number of carbonyl (C=O) groups is 6. The molecule has 14 nitrogen and oxygen atoms in total. The first kappa shape index (κ1) is 99.1. The van der Waals surface area contributed by atoms with Crippen molar-refractivity contribution < 1.29 is 67.0 Å². The number of cyclic esters (lactones) is 3. The van der Waals surface area contributed by atoms with Gasteiger partial charge in [-0.3, -0.25) is 28.8 Å². The maximum absolute atomic E-state index is 13.7. The number of aromatic hydroxyl groups is 1. The van der Waals surface area contributed by atoms with Gasteiger partial charge in [-0.1, -0.05) is 148 Å². The Morgan fingerprint density at radius 3 is 1.66 bits per heavy atom. The number of hydrogen-bond acceptors (Lipinski definition) is 14. The lowest BCUT2D eigenvalue weighted by Crippen LogP contribution is -2.59. The van der Waals surface area contributed by atoms with Gasteiger partial charge in [-0.25, -0.2) is 0 Å². The second-order valence-electron chi connectivity index (χ2n) is 27.9. The van der Waals surface area contributed by atoms with Gasteiger partial charge in [0, 0.05) is 13.0 Å². The van der Waals surface area contributed by atoms with E-state index in [1.54, 1.807) is 26.0 Å². The molecular formula is C79H146O14. The molecule has 2 heterocycles. The van der Waals surface area contributed by atoms with Gasteiger partial charge < -0.3 is 38.3 Å². The molecule has 93 heavy (non-hydrogen) atoms. The highest BCUT2D eigenvalue weighted by atomic mass is 16.7. The maximum atomic E-state index is 13.7. The number of rotatable bonds is 18. The van der Waals surface area contributed by atoms with Crippen LogP contribution in [0.15, 0.2) is 48.5 Å². The van der Waals surface area contributed by atoms with Crippen molar-refractivity contribution in [3.8, 4) is 11.5 Å². The molecule has 0 radical (unpaired) electrons. The van der Waals surface area contributed by atoms with Crippen LogP contribution in [-0.2, 0) is 57.2 Å². The van der Waals surface area contributed by atoms with E-state index in [9.17, 15) is 33.9 Å². The van der Waals surface area contributed by atoms with Gasteiger partial charge in [0.1, 0.15) is 28.3 Å². The zero-order valence-corrected chi connectivity index (χ0v) is 51.6. The summed E-state index contributed by atoms with van der Waals surface area (Å²) in [7, 11) is 0. The minimum atomic E-state index is -0.890. The van der Waals surface area contributed by atoms with Gasteiger partial charge >= 0.3 is 35.8 Å². The van der Waals surface area contributed by atoms with Crippen molar-refractivity contribution in [3.63, 3.8) is 0 Å². The van der Waals surface area contributed by atoms with Crippen molar-refractivity contribution >= 4 is 35.8 Å². The summed E-state index contributed by atoms with van der Waals surface area (Å²) < 4.78 is 38.8. The lowest BCUT2D eigenvalue weighted by molar-refractivity contribution is -0.214. The van der Waals surface area contributed by atoms with Gasteiger partial charge in [-0.05, 0) is 234 Å². The summed E-state index contributed by atoms with van der Waals surface area (Å²) in [4.78, 5) is 75.0. The van der Waals surface area contributed by atoms with Crippen molar-refractivity contribution in [1.82, 2.24) is 0 Å². The van der Waals surface area contributed by atoms with Gasteiger partial charge in [-0.2, -0.15) is 0 Å². The van der Waals surface area contributed by atoms with Crippen molar-refractivity contribution in [2.75, 3.05) is 13.2 Å². The largest absolute Gasteiger partial charge is 0.508 e. The first-order valence-corrected chi connectivity index (χ1v) is 30.7. The Kier molecular flexibility index (Phi) is 42.5. The SMILES string of the molecule is C.C.C.C.C.C.C.C.C.C.C.C.CC1C(=O)OC(=O)C1C1C(C)C2CC(C(=O)OC(C)(C)C)C1C2.CCC(C)(CC(C)(C)C(=O)OC1(C)CCOC(=O)C1)C(=O)OC1(C)C2CC3CC(C2)CC1C3.CCOC(C)Oc1ccc(C(CC)CC(C)c2ccc(O)cc2)cc1. The molecule has 8 fully saturated rings. The molecule has 6 saturated carbocycles. The number of hydrogen-bond donors (Lipinski definition) is 1. The number of benzene rings is 2. The van der Waals surface area contributed by atoms with Gasteiger partial charge in [-0.15, -0.1) is 0 Å². The third-order valence-electron chi connectivity index (χ3n) is 20.1. The Bertz CT molecular complexity index is 2500. The molecule has 0 amide bonds. The molecule has 8 aliphatic rings. The fourth-order valence-electron chi connectivity index (χ4n) is 15.5. The van der Waals surface area contributed by atoms with E-state index in [1.165, 1.54) is 43.2 Å². The molecule has 0 aromatic heterocycles. The first-order chi connectivity index (χ1) is 37.9. The Labute approximate surface area is 572 Å². The molecule has 1 N–H and O–H groups in total. The molecular weight excluding hydrogens is 1170 g/mol. The van der Waals surface area contributed by atoms with E-state index in [4.69, 9.17) is 33.2 Å². The second kappa shape index (κ2) is 39.9. The summed E-state index contributed by atoms with van der Waals surface area (Å²) in [5.74, 6) is 2.69. The molecule has 14 heteroatoms. The molecule has 0 spiro atoms. The van der Waals surface area contributed by atoms with Crippen LogP contribution in [0.25, 0.3) is 0 Å². The monoisotopic (exact) mass is 1320 g/mol. The number of phenols is 1. The molecule has 6 bridgehead atoms. The quantitative estimate of drug-likeness (QED) is 0.0642. The summed E-state index contributed by atoms with van der Waals surface area (Å²) in [6.45, 7) is 30.3. The van der Waals surface area contributed by atoms with E-state index >= 15 is 0 Å². The molecule has 2 aliphatic heterocycles. The predicted octanol–water partition coefficient (Wildman–Crippen LogP) is 21.3. The van der Waals surface area contributed by atoms with E-state index in [-0.39, 0.29) is 156 Å². The molecule has 2 aromatic carbocycles. The number of carbonyl (C=O) groups excluding carboxylic acids is 6. The van der Waals surface area contributed by atoms with Crippen LogP contribution in [-0.4, -0.2) is 77.2 Å². The van der Waals surface area contributed by atoms with Crippen LogP contribution in [0.2, 0.25) is 0 Å². The van der Waals surface area contributed by atoms with E-state index < -0.39 is 45.8 Å². The number of phenolic OH excluding ortho intramolecular Hbond substituents is 1. The molecule has 6 aliphatic carbocycles. The van der Waals surface area contributed by atoms with E-state index in [0.717, 1.165) is 43.3 Å². The smallest absolute Gasteiger partial charge is 0.317 e. The number of esters is 6. The fraction of sp³-hybridized carbons (Fsp3) is 0.772. The molecule has 2 saturated heterocycles. The predicted molar refractivity (Wildman–Crippen MR) is 388 cm³/mol. The number of fused-ring (bicyclic) bond motifs is 2. The van der Waals surface area contributed by atoms with Crippen LogP contribution in [0, 0.1) is 75.9 Å². The third kappa shape index (κ3) is 23.4. The first-order valence-electron chi connectivity index (χ1n) is 30.7. The average Bonchev–Trinajstić information content (AvgIpc) is 1.69. The van der Waals surface area contributed by atoms with Crippen LogP contribution >= 0.6 is 0 Å². The lowest BCUT2D eigenvalue weighted by Gasteiger charge is -2.59. The van der Waals surface area contributed by atoms with Crippen LogP contribution in [0.5, 0.6) is 11.5 Å². The lowest BCUT2D eigenvalue weighted by atomic mass is 9.50. The van der Waals surface area contributed by atoms with Crippen LogP contribution < -0.4 is 4.74 Å². The van der Waals surface area contributed by atoms with Crippen molar-refractivity contribution in [2.45, 2.75) is 311 Å². The summed E-state index contributed by atoms with van der Waals surface area (Å²) in [5.41, 5.74) is -0.824. The minimum absolute atomic E-state index is 0. The summed E-state index contributed by atoms with van der Waals surface area (Å²) in [6, 6.07) is 15.9. The van der Waals surface area contributed by atoms with Crippen molar-refractivity contribution in [3.05, 3.63) is 59.7 Å². The molecule has 12 unspecified atom stereocenters.